The standard InChI is InChI=1S/C16H24N2O2/c1-20-15-4-2-3-14(11-15)12-16(19)18-9-6-13(5-8-17)7-10-18/h2-4,11,13H,5-10,12,17H2,1H3. The van der Waals surface area contributed by atoms with E-state index < -0.39 is 0 Å². The molecular formula is C16H24N2O2. The summed E-state index contributed by atoms with van der Waals surface area (Å²) in [7, 11) is 1.64. The Morgan fingerprint density at radius 3 is 2.80 bits per heavy atom. The number of carbonyl (C=O) groups is 1. The van der Waals surface area contributed by atoms with Crippen LogP contribution in [0.2, 0.25) is 0 Å². The zero-order valence-electron chi connectivity index (χ0n) is 12.2. The molecule has 1 saturated heterocycles. The summed E-state index contributed by atoms with van der Waals surface area (Å²) in [5, 5.41) is 0. The van der Waals surface area contributed by atoms with Crippen LogP contribution in [0.3, 0.4) is 0 Å². The minimum Gasteiger partial charge on any atom is -0.497 e. The SMILES string of the molecule is COc1cccc(CC(=O)N2CCC(CCN)CC2)c1. The van der Waals surface area contributed by atoms with E-state index in [-0.39, 0.29) is 5.91 Å². The average molecular weight is 276 g/mol. The van der Waals surface area contributed by atoms with Crippen LogP contribution in [0.5, 0.6) is 5.75 Å². The lowest BCUT2D eigenvalue weighted by Gasteiger charge is -2.32. The van der Waals surface area contributed by atoms with Gasteiger partial charge in [0.2, 0.25) is 5.91 Å². The van der Waals surface area contributed by atoms with E-state index in [0.717, 1.165) is 50.2 Å². The Morgan fingerprint density at radius 2 is 2.15 bits per heavy atom. The van der Waals surface area contributed by atoms with Gasteiger partial charge in [-0.1, -0.05) is 12.1 Å². The lowest BCUT2D eigenvalue weighted by atomic mass is 9.93. The smallest absolute Gasteiger partial charge is 0.226 e. The molecular weight excluding hydrogens is 252 g/mol. The van der Waals surface area contributed by atoms with E-state index in [1.807, 2.05) is 29.2 Å². The molecule has 2 N–H and O–H groups in total. The molecule has 0 unspecified atom stereocenters. The van der Waals surface area contributed by atoms with Crippen LogP contribution in [0.1, 0.15) is 24.8 Å². The number of amides is 1. The molecule has 1 aliphatic rings. The number of hydrogen-bond acceptors (Lipinski definition) is 3. The summed E-state index contributed by atoms with van der Waals surface area (Å²) in [4.78, 5) is 14.3. The normalized spacial score (nSPS) is 16.2. The van der Waals surface area contributed by atoms with Gasteiger partial charge < -0.3 is 15.4 Å². The van der Waals surface area contributed by atoms with Crippen LogP contribution in [0.4, 0.5) is 0 Å². The van der Waals surface area contributed by atoms with Gasteiger partial charge in [-0.25, -0.2) is 0 Å². The first-order chi connectivity index (χ1) is 9.72. The van der Waals surface area contributed by atoms with Crippen LogP contribution in [0, 0.1) is 5.92 Å². The Balaban J connectivity index is 1.86. The van der Waals surface area contributed by atoms with Gasteiger partial charge >= 0.3 is 0 Å². The highest BCUT2D eigenvalue weighted by atomic mass is 16.5. The van der Waals surface area contributed by atoms with Crippen molar-refractivity contribution in [1.82, 2.24) is 4.90 Å². The summed E-state index contributed by atoms with van der Waals surface area (Å²) in [5.74, 6) is 1.71. The van der Waals surface area contributed by atoms with Crippen LogP contribution in [0.25, 0.3) is 0 Å². The molecule has 1 heterocycles. The molecule has 20 heavy (non-hydrogen) atoms. The first-order valence-electron chi connectivity index (χ1n) is 7.33. The molecule has 4 nitrogen and oxygen atoms in total. The molecule has 0 aromatic heterocycles. The molecule has 1 fully saturated rings. The highest BCUT2D eigenvalue weighted by Gasteiger charge is 2.22. The van der Waals surface area contributed by atoms with Gasteiger partial charge in [0, 0.05) is 13.1 Å². The molecule has 1 aromatic carbocycles. The number of carbonyl (C=O) groups excluding carboxylic acids is 1. The summed E-state index contributed by atoms with van der Waals surface area (Å²) in [6.07, 6.45) is 3.71. The topological polar surface area (TPSA) is 55.6 Å². The van der Waals surface area contributed by atoms with Crippen LogP contribution in [-0.2, 0) is 11.2 Å². The van der Waals surface area contributed by atoms with Gasteiger partial charge in [-0.3, -0.25) is 4.79 Å². The van der Waals surface area contributed by atoms with Crippen molar-refractivity contribution in [3.8, 4) is 5.75 Å². The molecule has 110 valence electrons. The van der Waals surface area contributed by atoms with Crippen molar-refractivity contribution >= 4 is 5.91 Å². The molecule has 0 saturated carbocycles. The number of ether oxygens (including phenoxy) is 1. The maximum Gasteiger partial charge on any atom is 0.226 e. The second kappa shape index (κ2) is 7.29. The molecule has 1 aromatic rings. The van der Waals surface area contributed by atoms with E-state index in [2.05, 4.69) is 0 Å². The number of rotatable bonds is 5. The monoisotopic (exact) mass is 276 g/mol. The summed E-state index contributed by atoms with van der Waals surface area (Å²) < 4.78 is 5.19. The molecule has 0 aliphatic carbocycles. The second-order valence-corrected chi connectivity index (χ2v) is 5.43. The molecule has 0 bridgehead atoms. The summed E-state index contributed by atoms with van der Waals surface area (Å²) in [6.45, 7) is 2.49. The predicted molar refractivity (Wildman–Crippen MR) is 79.7 cm³/mol. The number of hydrogen-bond donors (Lipinski definition) is 1. The zero-order valence-corrected chi connectivity index (χ0v) is 12.2. The third-order valence-corrected chi connectivity index (χ3v) is 4.03. The number of piperidine rings is 1. The lowest BCUT2D eigenvalue weighted by Crippen LogP contribution is -2.39. The first kappa shape index (κ1) is 14.9. The summed E-state index contributed by atoms with van der Waals surface area (Å²) >= 11 is 0. The van der Waals surface area contributed by atoms with Gasteiger partial charge in [-0.05, 0) is 49.4 Å². The largest absolute Gasteiger partial charge is 0.497 e. The summed E-state index contributed by atoms with van der Waals surface area (Å²) in [5.41, 5.74) is 6.60. The maximum atomic E-state index is 12.3. The second-order valence-electron chi connectivity index (χ2n) is 5.43. The van der Waals surface area contributed by atoms with Crippen molar-refractivity contribution in [2.24, 2.45) is 11.7 Å². The van der Waals surface area contributed by atoms with Crippen LogP contribution in [-0.4, -0.2) is 37.6 Å². The van der Waals surface area contributed by atoms with Gasteiger partial charge in [0.15, 0.2) is 0 Å². The zero-order chi connectivity index (χ0) is 14.4. The van der Waals surface area contributed by atoms with Crippen molar-refractivity contribution in [1.29, 1.82) is 0 Å². The Kier molecular flexibility index (Phi) is 5.41. The van der Waals surface area contributed by atoms with Gasteiger partial charge in [0.25, 0.3) is 0 Å². The van der Waals surface area contributed by atoms with E-state index in [9.17, 15) is 4.79 Å². The molecule has 0 radical (unpaired) electrons. The third-order valence-electron chi connectivity index (χ3n) is 4.03. The molecule has 4 heteroatoms. The maximum absolute atomic E-state index is 12.3. The quantitative estimate of drug-likeness (QED) is 0.892. The minimum atomic E-state index is 0.212. The van der Waals surface area contributed by atoms with Crippen LogP contribution >= 0.6 is 0 Å². The summed E-state index contributed by atoms with van der Waals surface area (Å²) in [6, 6.07) is 7.72. The number of nitrogens with zero attached hydrogens (tertiary/aromatic N) is 1. The fraction of sp³-hybridized carbons (Fsp3) is 0.562. The number of methoxy groups -OCH3 is 1. The Hall–Kier alpha value is -1.55. The number of nitrogens with two attached hydrogens (primary N) is 1. The Morgan fingerprint density at radius 1 is 1.40 bits per heavy atom. The highest BCUT2D eigenvalue weighted by molar-refractivity contribution is 5.79. The van der Waals surface area contributed by atoms with Crippen molar-refractivity contribution in [3.63, 3.8) is 0 Å². The van der Waals surface area contributed by atoms with E-state index in [1.165, 1.54) is 0 Å². The van der Waals surface area contributed by atoms with Crippen molar-refractivity contribution in [3.05, 3.63) is 29.8 Å². The van der Waals surface area contributed by atoms with Gasteiger partial charge in [-0.2, -0.15) is 0 Å². The number of benzene rings is 1. The third kappa shape index (κ3) is 3.97. The van der Waals surface area contributed by atoms with Gasteiger partial charge in [0.05, 0.1) is 13.5 Å². The van der Waals surface area contributed by atoms with Crippen molar-refractivity contribution in [2.45, 2.75) is 25.7 Å². The van der Waals surface area contributed by atoms with Crippen LogP contribution in [0.15, 0.2) is 24.3 Å². The van der Waals surface area contributed by atoms with Crippen LogP contribution < -0.4 is 10.5 Å². The fourth-order valence-corrected chi connectivity index (χ4v) is 2.78. The van der Waals surface area contributed by atoms with Crippen molar-refractivity contribution in [2.75, 3.05) is 26.7 Å². The van der Waals surface area contributed by atoms with Crippen molar-refractivity contribution < 1.29 is 9.53 Å². The highest BCUT2D eigenvalue weighted by Crippen LogP contribution is 2.21. The molecule has 0 atom stereocenters. The Labute approximate surface area is 120 Å². The molecule has 0 spiro atoms. The van der Waals surface area contributed by atoms with E-state index in [4.69, 9.17) is 10.5 Å². The van der Waals surface area contributed by atoms with E-state index in [1.54, 1.807) is 7.11 Å². The Bertz CT molecular complexity index is 440. The fourth-order valence-electron chi connectivity index (χ4n) is 2.78. The van der Waals surface area contributed by atoms with E-state index >= 15 is 0 Å². The molecule has 1 aliphatic heterocycles. The van der Waals surface area contributed by atoms with Gasteiger partial charge in [0.1, 0.15) is 5.75 Å². The number of likely N-dealkylation sites (tertiary alicyclic amines) is 1. The van der Waals surface area contributed by atoms with E-state index in [0.29, 0.717) is 12.3 Å². The van der Waals surface area contributed by atoms with Gasteiger partial charge in [-0.15, -0.1) is 0 Å². The molecule has 1 amide bonds. The lowest BCUT2D eigenvalue weighted by molar-refractivity contribution is -0.131. The minimum absolute atomic E-state index is 0.212. The predicted octanol–water partition coefficient (Wildman–Crippen LogP) is 1.83. The molecule has 2 rings (SSSR count). The first-order valence-corrected chi connectivity index (χ1v) is 7.33. The average Bonchev–Trinajstić information content (AvgIpc) is 2.48.